The third-order valence-corrected chi connectivity index (χ3v) is 4.08. The second kappa shape index (κ2) is 7.82. The van der Waals surface area contributed by atoms with Crippen LogP contribution in [-0.4, -0.2) is 36.5 Å². The minimum absolute atomic E-state index is 0.271. The van der Waals surface area contributed by atoms with Crippen LogP contribution in [0, 0.1) is 11.8 Å². The lowest BCUT2D eigenvalue weighted by molar-refractivity contribution is 0.143. The van der Waals surface area contributed by atoms with Crippen LogP contribution in [0.25, 0.3) is 0 Å². The van der Waals surface area contributed by atoms with Gasteiger partial charge in [0.05, 0.1) is 0 Å². The number of benzene rings is 1. The molecule has 0 spiro atoms. The molecule has 102 valence electrons. The smallest absolute Gasteiger partial charge is 0.0473 e. The van der Waals surface area contributed by atoms with Gasteiger partial charge in [-0.05, 0) is 42.8 Å². The van der Waals surface area contributed by atoms with Gasteiger partial charge in [-0.15, -0.1) is 11.8 Å². The summed E-state index contributed by atoms with van der Waals surface area (Å²) in [5.41, 5.74) is 1.33. The normalized spacial score (nSPS) is 13.3. The lowest BCUT2D eigenvalue weighted by Crippen LogP contribution is -2.30. The van der Waals surface area contributed by atoms with Gasteiger partial charge < -0.3 is 10.0 Å². The molecule has 1 atom stereocenters. The Morgan fingerprint density at radius 2 is 1.83 bits per heavy atom. The molecule has 1 aromatic carbocycles. The van der Waals surface area contributed by atoms with Crippen molar-refractivity contribution in [3.63, 3.8) is 0 Å². The zero-order chi connectivity index (χ0) is 13.5. The van der Waals surface area contributed by atoms with Crippen LogP contribution in [0.15, 0.2) is 29.2 Å². The zero-order valence-electron chi connectivity index (χ0n) is 11.9. The molecule has 1 aromatic rings. The van der Waals surface area contributed by atoms with E-state index in [0.717, 1.165) is 13.1 Å². The predicted octanol–water partition coefficient (Wildman–Crippen LogP) is 3.10. The Kier molecular flexibility index (Phi) is 6.76. The Morgan fingerprint density at radius 3 is 2.28 bits per heavy atom. The van der Waals surface area contributed by atoms with Gasteiger partial charge in [-0.2, -0.15) is 0 Å². The highest BCUT2D eigenvalue weighted by Crippen LogP contribution is 2.17. The summed E-state index contributed by atoms with van der Waals surface area (Å²) in [6.45, 7) is 6.49. The van der Waals surface area contributed by atoms with Crippen LogP contribution in [0.1, 0.15) is 19.4 Å². The van der Waals surface area contributed by atoms with E-state index in [1.54, 1.807) is 11.8 Å². The van der Waals surface area contributed by atoms with Crippen LogP contribution >= 0.6 is 11.8 Å². The van der Waals surface area contributed by atoms with Crippen LogP contribution in [-0.2, 0) is 6.54 Å². The molecule has 3 heteroatoms. The number of aliphatic hydroxyl groups excluding tert-OH is 1. The van der Waals surface area contributed by atoms with Gasteiger partial charge in [0, 0.05) is 24.6 Å². The summed E-state index contributed by atoms with van der Waals surface area (Å²) in [4.78, 5) is 3.59. The molecule has 0 saturated carbocycles. The third kappa shape index (κ3) is 5.01. The molecule has 0 heterocycles. The first kappa shape index (κ1) is 15.5. The molecule has 0 aliphatic carbocycles. The van der Waals surface area contributed by atoms with Crippen molar-refractivity contribution in [3.05, 3.63) is 29.8 Å². The first-order chi connectivity index (χ1) is 8.56. The zero-order valence-corrected chi connectivity index (χ0v) is 12.7. The van der Waals surface area contributed by atoms with Crippen molar-refractivity contribution in [3.8, 4) is 0 Å². The number of hydrogen-bond acceptors (Lipinski definition) is 3. The molecule has 0 aromatic heterocycles. The summed E-state index contributed by atoms with van der Waals surface area (Å²) in [7, 11) is 2.12. The van der Waals surface area contributed by atoms with E-state index in [2.05, 4.69) is 56.3 Å². The van der Waals surface area contributed by atoms with E-state index >= 15 is 0 Å². The van der Waals surface area contributed by atoms with E-state index in [9.17, 15) is 5.11 Å². The summed E-state index contributed by atoms with van der Waals surface area (Å²) in [6.07, 6.45) is 2.09. The highest BCUT2D eigenvalue weighted by Gasteiger charge is 2.14. The van der Waals surface area contributed by atoms with E-state index in [1.807, 2.05) is 0 Å². The molecule has 1 N–H and O–H groups in total. The molecule has 0 bridgehead atoms. The van der Waals surface area contributed by atoms with E-state index in [-0.39, 0.29) is 6.61 Å². The van der Waals surface area contributed by atoms with Crippen molar-refractivity contribution in [2.75, 3.05) is 26.5 Å². The summed E-state index contributed by atoms with van der Waals surface area (Å²) in [6, 6.07) is 8.71. The second-order valence-corrected chi connectivity index (χ2v) is 6.11. The minimum atomic E-state index is 0.271. The van der Waals surface area contributed by atoms with Crippen LogP contribution in [0.5, 0.6) is 0 Å². The molecule has 1 unspecified atom stereocenters. The number of hydrogen-bond donors (Lipinski definition) is 1. The fourth-order valence-electron chi connectivity index (χ4n) is 1.99. The Labute approximate surface area is 115 Å². The maximum atomic E-state index is 9.35. The van der Waals surface area contributed by atoms with Crippen molar-refractivity contribution in [1.82, 2.24) is 4.90 Å². The SMILES string of the molecule is CSc1ccc(CN(C)CC(CO)C(C)C)cc1. The second-order valence-electron chi connectivity index (χ2n) is 5.23. The molecule has 1 rings (SSSR count). The highest BCUT2D eigenvalue weighted by molar-refractivity contribution is 7.98. The van der Waals surface area contributed by atoms with Gasteiger partial charge in [0.1, 0.15) is 0 Å². The van der Waals surface area contributed by atoms with Gasteiger partial charge in [0.25, 0.3) is 0 Å². The van der Waals surface area contributed by atoms with E-state index < -0.39 is 0 Å². The minimum Gasteiger partial charge on any atom is -0.396 e. The molecular formula is C15H25NOS. The van der Waals surface area contributed by atoms with Gasteiger partial charge >= 0.3 is 0 Å². The fourth-order valence-corrected chi connectivity index (χ4v) is 2.40. The molecule has 0 aliphatic heterocycles. The van der Waals surface area contributed by atoms with Gasteiger partial charge in [-0.1, -0.05) is 26.0 Å². The van der Waals surface area contributed by atoms with Gasteiger partial charge in [-0.25, -0.2) is 0 Å². The molecule has 0 saturated heterocycles. The number of aliphatic hydroxyl groups is 1. The third-order valence-electron chi connectivity index (χ3n) is 3.34. The molecular weight excluding hydrogens is 242 g/mol. The van der Waals surface area contributed by atoms with Gasteiger partial charge in [0.15, 0.2) is 0 Å². The molecule has 18 heavy (non-hydrogen) atoms. The number of rotatable bonds is 7. The van der Waals surface area contributed by atoms with E-state index in [1.165, 1.54) is 10.5 Å². The number of thioether (sulfide) groups is 1. The van der Waals surface area contributed by atoms with Crippen LogP contribution in [0.3, 0.4) is 0 Å². The first-order valence-corrected chi connectivity index (χ1v) is 7.71. The van der Waals surface area contributed by atoms with Crippen LogP contribution in [0.4, 0.5) is 0 Å². The van der Waals surface area contributed by atoms with Crippen molar-refractivity contribution in [2.45, 2.75) is 25.3 Å². The topological polar surface area (TPSA) is 23.5 Å². The van der Waals surface area contributed by atoms with Crippen molar-refractivity contribution >= 4 is 11.8 Å². The quantitative estimate of drug-likeness (QED) is 0.768. The Bertz CT molecular complexity index is 337. The highest BCUT2D eigenvalue weighted by atomic mass is 32.2. The maximum absolute atomic E-state index is 9.35. The summed E-state index contributed by atoms with van der Waals surface area (Å²) >= 11 is 1.77. The average Bonchev–Trinajstić information content (AvgIpc) is 2.36. The van der Waals surface area contributed by atoms with Crippen LogP contribution in [0.2, 0.25) is 0 Å². The Morgan fingerprint density at radius 1 is 1.22 bits per heavy atom. The summed E-state index contributed by atoms with van der Waals surface area (Å²) < 4.78 is 0. The monoisotopic (exact) mass is 267 g/mol. The summed E-state index contributed by atoms with van der Waals surface area (Å²) in [5, 5.41) is 9.35. The summed E-state index contributed by atoms with van der Waals surface area (Å²) in [5.74, 6) is 0.886. The Balaban J connectivity index is 2.50. The fraction of sp³-hybridized carbons (Fsp3) is 0.600. The van der Waals surface area contributed by atoms with Gasteiger partial charge in [-0.3, -0.25) is 0 Å². The largest absolute Gasteiger partial charge is 0.396 e. The van der Waals surface area contributed by atoms with Crippen molar-refractivity contribution < 1.29 is 5.11 Å². The lowest BCUT2D eigenvalue weighted by Gasteiger charge is -2.25. The van der Waals surface area contributed by atoms with Crippen molar-refractivity contribution in [2.24, 2.45) is 11.8 Å². The van der Waals surface area contributed by atoms with E-state index in [4.69, 9.17) is 0 Å². The molecule has 0 aliphatic rings. The molecule has 2 nitrogen and oxygen atoms in total. The standard InChI is InChI=1S/C15H25NOS/c1-12(2)14(11-17)10-16(3)9-13-5-7-15(18-4)8-6-13/h5-8,12,14,17H,9-11H2,1-4H3. The maximum Gasteiger partial charge on any atom is 0.0473 e. The number of nitrogens with zero attached hydrogens (tertiary/aromatic N) is 1. The average molecular weight is 267 g/mol. The lowest BCUT2D eigenvalue weighted by atomic mass is 9.96. The first-order valence-electron chi connectivity index (χ1n) is 6.49. The van der Waals surface area contributed by atoms with Crippen molar-refractivity contribution in [1.29, 1.82) is 0 Å². The molecule has 0 amide bonds. The van der Waals surface area contributed by atoms with Gasteiger partial charge in [0.2, 0.25) is 0 Å². The Hall–Kier alpha value is -0.510. The van der Waals surface area contributed by atoms with E-state index in [0.29, 0.717) is 11.8 Å². The van der Waals surface area contributed by atoms with Crippen LogP contribution < -0.4 is 0 Å². The molecule has 0 fully saturated rings. The predicted molar refractivity (Wildman–Crippen MR) is 80.0 cm³/mol. The molecule has 0 radical (unpaired) electrons.